The Kier molecular flexibility index (Phi) is 9.17. The molecule has 2 N–H and O–H groups in total. The highest BCUT2D eigenvalue weighted by Gasteiger charge is 2.41. The maximum Gasteiger partial charge on any atom is 0.251 e. The highest BCUT2D eigenvalue weighted by Crippen LogP contribution is 2.40. The van der Waals surface area contributed by atoms with Gasteiger partial charge >= 0.3 is 0 Å². The summed E-state index contributed by atoms with van der Waals surface area (Å²) >= 11 is 0. The van der Waals surface area contributed by atoms with Crippen molar-refractivity contribution >= 4 is 35.0 Å². The molecule has 3 aliphatic rings. The van der Waals surface area contributed by atoms with Crippen molar-refractivity contribution in [2.45, 2.75) is 52.0 Å². The normalized spacial score (nSPS) is 19.9. The number of piperazine rings is 1. The Hall–Kier alpha value is -3.44. The summed E-state index contributed by atoms with van der Waals surface area (Å²) in [4.78, 5) is 44.4. The molecular weight excluding hydrogens is 532 g/mol. The zero-order chi connectivity index (χ0) is 29.9. The topological polar surface area (TPSA) is 106 Å². The van der Waals surface area contributed by atoms with E-state index in [0.717, 1.165) is 63.5 Å². The van der Waals surface area contributed by atoms with Crippen LogP contribution in [0, 0.1) is 5.41 Å². The van der Waals surface area contributed by atoms with Gasteiger partial charge in [0, 0.05) is 57.9 Å². The van der Waals surface area contributed by atoms with Gasteiger partial charge in [0.25, 0.3) is 5.91 Å². The first-order chi connectivity index (χ1) is 20.2. The van der Waals surface area contributed by atoms with Crippen LogP contribution in [0.4, 0.5) is 23.1 Å². The molecule has 228 valence electrons. The van der Waals surface area contributed by atoms with Gasteiger partial charge < -0.3 is 35.0 Å². The van der Waals surface area contributed by atoms with E-state index in [0.29, 0.717) is 42.1 Å². The lowest BCUT2D eigenvalue weighted by Gasteiger charge is -2.34. The van der Waals surface area contributed by atoms with E-state index < -0.39 is 5.41 Å². The average Bonchev–Trinajstić information content (AvgIpc) is 3.51. The maximum absolute atomic E-state index is 13.3. The van der Waals surface area contributed by atoms with E-state index in [9.17, 15) is 9.59 Å². The summed E-state index contributed by atoms with van der Waals surface area (Å²) in [6, 6.07) is 5.69. The van der Waals surface area contributed by atoms with E-state index in [4.69, 9.17) is 9.72 Å². The highest BCUT2D eigenvalue weighted by molar-refractivity contribution is 6.01. The van der Waals surface area contributed by atoms with Gasteiger partial charge in [-0.1, -0.05) is 12.8 Å². The van der Waals surface area contributed by atoms with Crippen LogP contribution in [0.15, 0.2) is 24.4 Å². The van der Waals surface area contributed by atoms with Crippen molar-refractivity contribution in [2.75, 3.05) is 82.1 Å². The Bertz CT molecular complexity index is 1270. The van der Waals surface area contributed by atoms with E-state index in [1.54, 1.807) is 37.4 Å². The van der Waals surface area contributed by atoms with E-state index in [2.05, 4.69) is 37.4 Å². The number of carbonyl (C=O) groups is 2. The van der Waals surface area contributed by atoms with Gasteiger partial charge in [-0.15, -0.1) is 0 Å². The summed E-state index contributed by atoms with van der Waals surface area (Å²) in [7, 11) is 5.54. The number of fused-ring (bicyclic) bond motifs is 1. The number of nitrogens with zero attached hydrogens (tertiary/aromatic N) is 6. The first-order valence-corrected chi connectivity index (χ1v) is 15.2. The summed E-state index contributed by atoms with van der Waals surface area (Å²) in [6.07, 6.45) is 7.19. The summed E-state index contributed by atoms with van der Waals surface area (Å²) in [5, 5.41) is 6.33. The van der Waals surface area contributed by atoms with Crippen LogP contribution in [-0.2, 0) is 4.79 Å². The summed E-state index contributed by atoms with van der Waals surface area (Å²) in [6.45, 7) is 10.6. The molecule has 11 nitrogen and oxygen atoms in total. The number of hydrogen-bond donors (Lipinski definition) is 2. The SMILES string of the molecule is COc1cc(C(=O)NCCCN2CCN(C)CC2)ccc1Nc1ncc2c(n1)N(C1CCCC1)CC(C)(C)C(=O)N2C. The number of nitrogens with one attached hydrogen (secondary N) is 2. The molecule has 0 atom stereocenters. The largest absolute Gasteiger partial charge is 0.495 e. The lowest BCUT2D eigenvalue weighted by atomic mass is 9.91. The van der Waals surface area contributed by atoms with Crippen LogP contribution >= 0.6 is 0 Å². The Labute approximate surface area is 249 Å². The molecule has 0 unspecified atom stereocenters. The molecule has 11 heteroatoms. The van der Waals surface area contributed by atoms with Crippen LogP contribution in [0.5, 0.6) is 5.75 Å². The number of anilines is 4. The number of carbonyl (C=O) groups excluding carboxylic acids is 2. The molecule has 3 heterocycles. The predicted octanol–water partition coefficient (Wildman–Crippen LogP) is 3.35. The molecule has 2 aliphatic heterocycles. The predicted molar refractivity (Wildman–Crippen MR) is 166 cm³/mol. The number of likely N-dealkylation sites (N-methyl/N-ethyl adjacent to an activating group) is 1. The lowest BCUT2D eigenvalue weighted by molar-refractivity contribution is -0.125. The quantitative estimate of drug-likeness (QED) is 0.434. The minimum Gasteiger partial charge on any atom is -0.495 e. The smallest absolute Gasteiger partial charge is 0.251 e. The monoisotopic (exact) mass is 578 g/mol. The van der Waals surface area contributed by atoms with Gasteiger partial charge in [-0.25, -0.2) is 4.98 Å². The Balaban J connectivity index is 1.28. The first-order valence-electron chi connectivity index (χ1n) is 15.2. The fourth-order valence-corrected chi connectivity index (χ4v) is 6.26. The maximum atomic E-state index is 13.3. The number of ether oxygens (including phenoxy) is 1. The Morgan fingerprint density at radius 3 is 2.57 bits per heavy atom. The molecule has 1 aromatic heterocycles. The Morgan fingerprint density at radius 2 is 1.86 bits per heavy atom. The fourth-order valence-electron chi connectivity index (χ4n) is 6.26. The summed E-state index contributed by atoms with van der Waals surface area (Å²) in [5.41, 5.74) is 1.37. The van der Waals surface area contributed by atoms with Gasteiger partial charge in [0.2, 0.25) is 11.9 Å². The van der Waals surface area contributed by atoms with Crippen LogP contribution in [0.3, 0.4) is 0 Å². The van der Waals surface area contributed by atoms with Crippen molar-refractivity contribution in [3.05, 3.63) is 30.0 Å². The fraction of sp³-hybridized carbons (Fsp3) is 0.613. The lowest BCUT2D eigenvalue weighted by Crippen LogP contribution is -2.45. The van der Waals surface area contributed by atoms with Gasteiger partial charge in [-0.05, 0) is 64.9 Å². The minimum atomic E-state index is -0.546. The van der Waals surface area contributed by atoms with Crippen LogP contribution in [0.25, 0.3) is 0 Å². The van der Waals surface area contributed by atoms with Crippen LogP contribution < -0.4 is 25.2 Å². The van der Waals surface area contributed by atoms with Crippen LogP contribution in [0.2, 0.25) is 0 Å². The van der Waals surface area contributed by atoms with Crippen LogP contribution in [0.1, 0.15) is 56.3 Å². The summed E-state index contributed by atoms with van der Waals surface area (Å²) < 4.78 is 5.64. The number of aromatic nitrogens is 2. The average molecular weight is 579 g/mol. The van der Waals surface area contributed by atoms with E-state index in [1.807, 2.05) is 19.9 Å². The number of amides is 2. The molecule has 2 amide bonds. The second kappa shape index (κ2) is 12.8. The van der Waals surface area contributed by atoms with Crippen molar-refractivity contribution in [2.24, 2.45) is 5.41 Å². The molecule has 5 rings (SSSR count). The number of rotatable bonds is 9. The van der Waals surface area contributed by atoms with Gasteiger partial charge in [0.15, 0.2) is 5.82 Å². The van der Waals surface area contributed by atoms with Crippen LogP contribution in [-0.4, -0.2) is 105 Å². The van der Waals surface area contributed by atoms with Crippen molar-refractivity contribution in [1.29, 1.82) is 0 Å². The zero-order valence-electron chi connectivity index (χ0n) is 25.8. The molecule has 1 saturated carbocycles. The highest BCUT2D eigenvalue weighted by atomic mass is 16.5. The second-order valence-corrected chi connectivity index (χ2v) is 12.5. The van der Waals surface area contributed by atoms with Gasteiger partial charge in [0.05, 0.1) is 24.4 Å². The van der Waals surface area contributed by atoms with E-state index >= 15 is 0 Å². The molecule has 0 radical (unpaired) electrons. The third kappa shape index (κ3) is 6.62. The van der Waals surface area contributed by atoms with Gasteiger partial charge in [-0.3, -0.25) is 9.59 Å². The molecule has 2 aromatic rings. The molecule has 0 bridgehead atoms. The molecular formula is C31H46N8O3. The molecule has 42 heavy (non-hydrogen) atoms. The third-order valence-corrected chi connectivity index (χ3v) is 8.84. The van der Waals surface area contributed by atoms with E-state index in [-0.39, 0.29) is 11.8 Å². The summed E-state index contributed by atoms with van der Waals surface area (Å²) in [5.74, 6) is 1.65. The number of benzene rings is 1. The number of methoxy groups -OCH3 is 1. The molecule has 1 saturated heterocycles. The number of hydrogen-bond acceptors (Lipinski definition) is 9. The van der Waals surface area contributed by atoms with Crippen molar-refractivity contribution in [3.8, 4) is 5.75 Å². The van der Waals surface area contributed by atoms with E-state index in [1.165, 1.54) is 12.8 Å². The van der Waals surface area contributed by atoms with Gasteiger partial charge in [-0.2, -0.15) is 4.98 Å². The second-order valence-electron chi connectivity index (χ2n) is 12.5. The Morgan fingerprint density at radius 1 is 1.12 bits per heavy atom. The minimum absolute atomic E-state index is 0.0587. The molecule has 2 fully saturated rings. The zero-order valence-corrected chi connectivity index (χ0v) is 25.8. The molecule has 1 aromatic carbocycles. The van der Waals surface area contributed by atoms with Gasteiger partial charge in [0.1, 0.15) is 11.4 Å². The van der Waals surface area contributed by atoms with Crippen molar-refractivity contribution in [3.63, 3.8) is 0 Å². The van der Waals surface area contributed by atoms with Crippen molar-refractivity contribution in [1.82, 2.24) is 25.1 Å². The standard InChI is InChI=1S/C31H46N8O3/c1-31(2)21-39(23-9-6-7-10-23)27-25(37(4)29(31)41)20-33-30(35-27)34-24-12-11-22(19-26(24)42-5)28(40)32-13-8-14-38-17-15-36(3)16-18-38/h11-12,19-20,23H,6-10,13-18,21H2,1-5H3,(H,32,40)(H,33,34,35). The first kappa shape index (κ1) is 30.0. The third-order valence-electron chi connectivity index (χ3n) is 8.84. The van der Waals surface area contributed by atoms with Crippen molar-refractivity contribution < 1.29 is 14.3 Å². The molecule has 1 aliphatic carbocycles. The molecule has 0 spiro atoms.